The molecule has 4 aromatic rings. The van der Waals surface area contributed by atoms with Crippen LogP contribution in [-0.4, -0.2) is 15.5 Å². The Balaban J connectivity index is 1.66. The monoisotopic (exact) mass is 421 g/mol. The molecular formula is C23H20FN3O2S. The molecule has 0 aliphatic carbocycles. The Hall–Kier alpha value is -3.32. The predicted molar refractivity (Wildman–Crippen MR) is 119 cm³/mol. The number of halogens is 1. The van der Waals surface area contributed by atoms with Gasteiger partial charge in [0.15, 0.2) is 0 Å². The number of aromatic nitrogens is 2. The number of benzene rings is 2. The molecule has 2 heterocycles. The molecule has 0 spiro atoms. The summed E-state index contributed by atoms with van der Waals surface area (Å²) in [5.74, 6) is -0.825. The van der Waals surface area contributed by atoms with Gasteiger partial charge in [-0.25, -0.2) is 9.37 Å². The summed E-state index contributed by atoms with van der Waals surface area (Å²) < 4.78 is 15.0. The lowest BCUT2D eigenvalue weighted by Crippen LogP contribution is -2.27. The first kappa shape index (κ1) is 20.0. The second-order valence-electron chi connectivity index (χ2n) is 7.32. The number of aryl methyl sites for hydroxylation is 3. The smallest absolute Gasteiger partial charge is 0.263 e. The first-order valence-corrected chi connectivity index (χ1v) is 10.3. The Kier molecular flexibility index (Phi) is 5.22. The number of anilines is 1. The summed E-state index contributed by atoms with van der Waals surface area (Å²) in [5, 5.41) is 5.04. The van der Waals surface area contributed by atoms with Crippen molar-refractivity contribution < 1.29 is 9.18 Å². The summed E-state index contributed by atoms with van der Waals surface area (Å²) in [7, 11) is 0. The molecular weight excluding hydrogens is 401 g/mol. The van der Waals surface area contributed by atoms with Gasteiger partial charge in [-0.15, -0.1) is 11.3 Å². The molecule has 0 bridgehead atoms. The Labute approximate surface area is 176 Å². The summed E-state index contributed by atoms with van der Waals surface area (Å²) in [4.78, 5) is 30.5. The molecule has 152 valence electrons. The summed E-state index contributed by atoms with van der Waals surface area (Å²) in [6.07, 6.45) is 1.38. The summed E-state index contributed by atoms with van der Waals surface area (Å²) in [5.41, 5.74) is 4.64. The highest BCUT2D eigenvalue weighted by molar-refractivity contribution is 7.17. The van der Waals surface area contributed by atoms with Crippen LogP contribution >= 0.6 is 11.3 Å². The molecule has 1 N–H and O–H groups in total. The third-order valence-corrected chi connectivity index (χ3v) is 6.03. The number of amides is 1. The van der Waals surface area contributed by atoms with Gasteiger partial charge in [-0.05, 0) is 55.2 Å². The molecule has 1 amide bonds. The highest BCUT2D eigenvalue weighted by Gasteiger charge is 2.15. The van der Waals surface area contributed by atoms with E-state index >= 15 is 0 Å². The largest absolute Gasteiger partial charge is 0.324 e. The van der Waals surface area contributed by atoms with Crippen LogP contribution in [0.25, 0.3) is 21.3 Å². The van der Waals surface area contributed by atoms with E-state index in [9.17, 15) is 14.0 Å². The maximum Gasteiger partial charge on any atom is 0.263 e. The van der Waals surface area contributed by atoms with Gasteiger partial charge < -0.3 is 5.32 Å². The molecule has 30 heavy (non-hydrogen) atoms. The fraction of sp³-hybridized carbons (Fsp3) is 0.174. The number of rotatable bonds is 4. The van der Waals surface area contributed by atoms with Crippen molar-refractivity contribution in [1.29, 1.82) is 0 Å². The van der Waals surface area contributed by atoms with Crippen molar-refractivity contribution in [2.24, 2.45) is 0 Å². The summed E-state index contributed by atoms with van der Waals surface area (Å²) >= 11 is 1.40. The van der Waals surface area contributed by atoms with E-state index in [2.05, 4.69) is 10.3 Å². The molecule has 2 aromatic heterocycles. The molecule has 0 atom stereocenters. The van der Waals surface area contributed by atoms with E-state index in [-0.39, 0.29) is 12.1 Å². The van der Waals surface area contributed by atoms with Gasteiger partial charge in [-0.2, -0.15) is 0 Å². The second kappa shape index (κ2) is 7.84. The van der Waals surface area contributed by atoms with E-state index in [1.807, 2.05) is 37.4 Å². The van der Waals surface area contributed by atoms with E-state index in [1.165, 1.54) is 33.9 Å². The average Bonchev–Trinajstić information content (AvgIpc) is 3.14. The molecule has 4 rings (SSSR count). The van der Waals surface area contributed by atoms with Gasteiger partial charge in [-0.1, -0.05) is 24.3 Å². The van der Waals surface area contributed by atoms with Gasteiger partial charge in [0.2, 0.25) is 5.91 Å². The van der Waals surface area contributed by atoms with Crippen molar-refractivity contribution in [3.8, 4) is 11.1 Å². The number of nitrogens with one attached hydrogen (secondary N) is 1. The highest BCUT2D eigenvalue weighted by atomic mass is 32.1. The zero-order valence-electron chi connectivity index (χ0n) is 16.8. The zero-order valence-corrected chi connectivity index (χ0v) is 17.6. The number of hydrogen-bond acceptors (Lipinski definition) is 4. The van der Waals surface area contributed by atoms with Crippen LogP contribution in [0.15, 0.2) is 52.9 Å². The van der Waals surface area contributed by atoms with Crippen LogP contribution in [0.1, 0.15) is 16.7 Å². The lowest BCUT2D eigenvalue weighted by Gasteiger charge is -2.09. The van der Waals surface area contributed by atoms with Crippen molar-refractivity contribution in [3.63, 3.8) is 0 Å². The number of fused-ring (bicyclic) bond motifs is 1. The molecule has 0 saturated carbocycles. The fourth-order valence-electron chi connectivity index (χ4n) is 3.23. The number of carbonyl (C=O) groups excluding carboxylic acids is 1. The van der Waals surface area contributed by atoms with Crippen molar-refractivity contribution in [1.82, 2.24) is 9.55 Å². The Morgan fingerprint density at radius 2 is 1.87 bits per heavy atom. The lowest BCUT2D eigenvalue weighted by molar-refractivity contribution is -0.116. The number of hydrogen-bond donors (Lipinski definition) is 1. The second-order valence-corrected chi connectivity index (χ2v) is 8.18. The predicted octanol–water partition coefficient (Wildman–Crippen LogP) is 4.83. The minimum atomic E-state index is -0.426. The van der Waals surface area contributed by atoms with Crippen LogP contribution in [0, 0.1) is 26.6 Å². The van der Waals surface area contributed by atoms with E-state index < -0.39 is 11.7 Å². The van der Waals surface area contributed by atoms with Crippen molar-refractivity contribution in [2.75, 3.05) is 5.32 Å². The molecule has 2 aromatic carbocycles. The van der Waals surface area contributed by atoms with Crippen molar-refractivity contribution in [3.05, 3.63) is 81.0 Å². The minimum Gasteiger partial charge on any atom is -0.324 e. The maximum atomic E-state index is 13.7. The molecule has 0 fully saturated rings. The maximum absolute atomic E-state index is 13.7. The van der Waals surface area contributed by atoms with Crippen LogP contribution in [0.3, 0.4) is 0 Å². The van der Waals surface area contributed by atoms with Crippen LogP contribution < -0.4 is 10.9 Å². The van der Waals surface area contributed by atoms with Crippen LogP contribution in [0.2, 0.25) is 0 Å². The number of carbonyl (C=O) groups is 1. The van der Waals surface area contributed by atoms with Gasteiger partial charge in [-0.3, -0.25) is 14.2 Å². The quantitative estimate of drug-likeness (QED) is 0.513. The Morgan fingerprint density at radius 3 is 2.60 bits per heavy atom. The molecule has 0 aliphatic heterocycles. The van der Waals surface area contributed by atoms with Gasteiger partial charge in [0, 0.05) is 16.6 Å². The third-order valence-electron chi connectivity index (χ3n) is 5.15. The van der Waals surface area contributed by atoms with E-state index in [4.69, 9.17) is 0 Å². The van der Waals surface area contributed by atoms with E-state index in [1.54, 1.807) is 19.1 Å². The lowest BCUT2D eigenvalue weighted by atomic mass is 10.0. The Morgan fingerprint density at radius 1 is 1.10 bits per heavy atom. The van der Waals surface area contributed by atoms with Gasteiger partial charge in [0.25, 0.3) is 5.56 Å². The molecule has 5 nitrogen and oxygen atoms in total. The van der Waals surface area contributed by atoms with Gasteiger partial charge in [0.05, 0.1) is 11.7 Å². The first-order valence-electron chi connectivity index (χ1n) is 9.44. The Bertz CT molecular complexity index is 1340. The normalized spacial score (nSPS) is 11.1. The minimum absolute atomic E-state index is 0.209. The van der Waals surface area contributed by atoms with Crippen LogP contribution in [0.4, 0.5) is 10.1 Å². The highest BCUT2D eigenvalue weighted by Crippen LogP contribution is 2.31. The standard InChI is InChI=1S/C23H20FN3O2S/c1-13-4-6-16(8-15(13)3)18-11-30-22-21(18)23(29)27(12-25-22)10-20(28)26-17-7-5-14(2)19(24)9-17/h4-9,11-12H,10H2,1-3H3,(H,26,28). The van der Waals surface area contributed by atoms with Crippen LogP contribution in [0.5, 0.6) is 0 Å². The van der Waals surface area contributed by atoms with Gasteiger partial charge in [0.1, 0.15) is 17.2 Å². The fourth-order valence-corrected chi connectivity index (χ4v) is 4.13. The molecule has 0 saturated heterocycles. The van der Waals surface area contributed by atoms with Gasteiger partial charge >= 0.3 is 0 Å². The first-order chi connectivity index (χ1) is 14.3. The van der Waals surface area contributed by atoms with E-state index in [0.29, 0.717) is 21.5 Å². The van der Waals surface area contributed by atoms with Crippen molar-refractivity contribution in [2.45, 2.75) is 27.3 Å². The van der Waals surface area contributed by atoms with E-state index in [0.717, 1.165) is 16.7 Å². The summed E-state index contributed by atoms with van der Waals surface area (Å²) in [6, 6.07) is 10.5. The summed E-state index contributed by atoms with van der Waals surface area (Å²) in [6.45, 7) is 5.51. The number of thiophene rings is 1. The molecule has 0 aliphatic rings. The molecule has 0 radical (unpaired) electrons. The van der Waals surface area contributed by atoms with Crippen molar-refractivity contribution >= 4 is 33.1 Å². The molecule has 0 unspecified atom stereocenters. The average molecular weight is 421 g/mol. The van der Waals surface area contributed by atoms with Crippen LogP contribution in [-0.2, 0) is 11.3 Å². The zero-order chi connectivity index (χ0) is 21.4. The SMILES string of the molecule is Cc1ccc(-c2csc3ncn(CC(=O)Nc4ccc(C)c(F)c4)c(=O)c23)cc1C. The molecule has 7 heteroatoms. The third kappa shape index (κ3) is 3.76. The number of nitrogens with zero attached hydrogens (tertiary/aromatic N) is 2. The topological polar surface area (TPSA) is 64.0 Å².